The van der Waals surface area contributed by atoms with Gasteiger partial charge in [-0.25, -0.2) is 12.7 Å². The molecule has 0 aliphatic carbocycles. The number of piperidine rings is 2. The van der Waals surface area contributed by atoms with E-state index in [1.54, 1.807) is 4.31 Å². The molecular weight excluding hydrogens is 438 g/mol. The molecule has 3 heterocycles. The van der Waals surface area contributed by atoms with E-state index in [4.69, 9.17) is 4.74 Å². The van der Waals surface area contributed by atoms with Crippen molar-refractivity contribution in [2.45, 2.75) is 63.5 Å². The minimum Gasteiger partial charge on any atom is -0.375 e. The minimum absolute atomic E-state index is 0.172. The number of ether oxygens (including phenoxy) is 1. The molecule has 3 aliphatic rings. The lowest BCUT2D eigenvalue weighted by molar-refractivity contribution is -0.139. The Labute approximate surface area is 199 Å². The van der Waals surface area contributed by atoms with Gasteiger partial charge in [-0.15, -0.1) is 0 Å². The predicted octanol–water partition coefficient (Wildman–Crippen LogP) is 3.25. The average Bonchev–Trinajstić information content (AvgIpc) is 2.80. The maximum absolute atomic E-state index is 13.0. The van der Waals surface area contributed by atoms with Crippen molar-refractivity contribution in [1.82, 2.24) is 9.21 Å². The van der Waals surface area contributed by atoms with Gasteiger partial charge in [0.1, 0.15) is 0 Å². The van der Waals surface area contributed by atoms with Gasteiger partial charge in [0.05, 0.1) is 11.9 Å². The SMILES string of the molecule is CN(Cc1ccc(N2CCCCC2)cc1)C(=O)CC1CCOC2(CCN(S(C)(=O)=O)CC2)C1. The summed E-state index contributed by atoms with van der Waals surface area (Å²) >= 11 is 0. The number of anilines is 1. The van der Waals surface area contributed by atoms with Gasteiger partial charge in [0.2, 0.25) is 15.9 Å². The molecule has 0 radical (unpaired) electrons. The summed E-state index contributed by atoms with van der Waals surface area (Å²) in [5, 5.41) is 0. The molecule has 3 fully saturated rings. The Balaban J connectivity index is 1.27. The molecule has 3 aliphatic heterocycles. The minimum atomic E-state index is -3.15. The molecule has 1 aromatic rings. The van der Waals surface area contributed by atoms with Gasteiger partial charge in [0.25, 0.3) is 0 Å². The van der Waals surface area contributed by atoms with E-state index in [9.17, 15) is 13.2 Å². The quantitative estimate of drug-likeness (QED) is 0.629. The van der Waals surface area contributed by atoms with Gasteiger partial charge >= 0.3 is 0 Å². The highest BCUT2D eigenvalue weighted by Gasteiger charge is 2.42. The highest BCUT2D eigenvalue weighted by atomic mass is 32.2. The molecule has 4 rings (SSSR count). The number of rotatable bonds is 6. The third kappa shape index (κ3) is 6.28. The first-order valence-electron chi connectivity index (χ1n) is 12.4. The lowest BCUT2D eigenvalue weighted by Crippen LogP contribution is -2.50. The van der Waals surface area contributed by atoms with Crippen LogP contribution in [0.2, 0.25) is 0 Å². The highest BCUT2D eigenvalue weighted by Crippen LogP contribution is 2.39. The molecule has 0 saturated carbocycles. The van der Waals surface area contributed by atoms with Crippen molar-refractivity contribution in [3.05, 3.63) is 29.8 Å². The zero-order valence-electron chi connectivity index (χ0n) is 20.2. The molecule has 1 aromatic carbocycles. The van der Waals surface area contributed by atoms with Crippen LogP contribution in [0.4, 0.5) is 5.69 Å². The Bertz CT molecular complexity index is 904. The van der Waals surface area contributed by atoms with Crippen molar-refractivity contribution < 1.29 is 17.9 Å². The van der Waals surface area contributed by atoms with Crippen molar-refractivity contribution in [2.24, 2.45) is 5.92 Å². The Morgan fingerprint density at radius 3 is 2.39 bits per heavy atom. The van der Waals surface area contributed by atoms with E-state index < -0.39 is 10.0 Å². The summed E-state index contributed by atoms with van der Waals surface area (Å²) in [6.07, 6.45) is 8.82. The van der Waals surface area contributed by atoms with Gasteiger partial charge in [-0.2, -0.15) is 0 Å². The summed E-state index contributed by atoms with van der Waals surface area (Å²) in [4.78, 5) is 17.3. The van der Waals surface area contributed by atoms with Crippen LogP contribution in [-0.2, 0) is 26.1 Å². The molecule has 1 unspecified atom stereocenters. The summed E-state index contributed by atoms with van der Waals surface area (Å²) < 4.78 is 31.3. The second-order valence-corrected chi connectivity index (χ2v) is 12.2. The van der Waals surface area contributed by atoms with Crippen molar-refractivity contribution in [2.75, 3.05) is 51.0 Å². The molecule has 33 heavy (non-hydrogen) atoms. The van der Waals surface area contributed by atoms with E-state index in [1.165, 1.54) is 31.2 Å². The first-order chi connectivity index (χ1) is 15.7. The Hall–Kier alpha value is -1.64. The van der Waals surface area contributed by atoms with E-state index >= 15 is 0 Å². The zero-order valence-corrected chi connectivity index (χ0v) is 21.0. The third-order valence-electron chi connectivity index (χ3n) is 7.66. The molecule has 3 saturated heterocycles. The average molecular weight is 478 g/mol. The molecule has 0 N–H and O–H groups in total. The maximum atomic E-state index is 13.0. The Morgan fingerprint density at radius 2 is 1.76 bits per heavy atom. The van der Waals surface area contributed by atoms with Gasteiger partial charge in [-0.1, -0.05) is 12.1 Å². The van der Waals surface area contributed by atoms with Crippen LogP contribution in [0.3, 0.4) is 0 Å². The molecule has 184 valence electrons. The van der Waals surface area contributed by atoms with Gasteiger partial charge in [-0.3, -0.25) is 4.79 Å². The zero-order chi connectivity index (χ0) is 23.5. The van der Waals surface area contributed by atoms with Crippen LogP contribution in [-0.4, -0.2) is 75.2 Å². The fourth-order valence-corrected chi connectivity index (χ4v) is 6.45. The Morgan fingerprint density at radius 1 is 1.09 bits per heavy atom. The maximum Gasteiger partial charge on any atom is 0.222 e. The van der Waals surface area contributed by atoms with Gasteiger partial charge in [-0.05, 0) is 68.6 Å². The van der Waals surface area contributed by atoms with Crippen LogP contribution in [0, 0.1) is 5.92 Å². The largest absolute Gasteiger partial charge is 0.375 e. The second-order valence-electron chi connectivity index (χ2n) is 10.2. The third-order valence-corrected chi connectivity index (χ3v) is 8.97. The van der Waals surface area contributed by atoms with E-state index in [1.807, 2.05) is 11.9 Å². The fourth-order valence-electron chi connectivity index (χ4n) is 5.61. The number of carbonyl (C=O) groups excluding carboxylic acids is 1. The summed E-state index contributed by atoms with van der Waals surface area (Å²) in [6.45, 7) is 4.56. The number of sulfonamides is 1. The lowest BCUT2D eigenvalue weighted by Gasteiger charge is -2.45. The van der Waals surface area contributed by atoms with Crippen LogP contribution >= 0.6 is 0 Å². The molecule has 0 bridgehead atoms. The van der Waals surface area contributed by atoms with E-state index in [0.717, 1.165) is 31.5 Å². The molecule has 8 heteroatoms. The van der Waals surface area contributed by atoms with E-state index in [-0.39, 0.29) is 11.5 Å². The number of carbonyl (C=O) groups is 1. The molecule has 0 aromatic heterocycles. The van der Waals surface area contributed by atoms with E-state index in [0.29, 0.717) is 51.4 Å². The smallest absolute Gasteiger partial charge is 0.222 e. The molecule has 7 nitrogen and oxygen atoms in total. The number of benzene rings is 1. The number of amides is 1. The van der Waals surface area contributed by atoms with Crippen LogP contribution in [0.25, 0.3) is 0 Å². The van der Waals surface area contributed by atoms with Crippen molar-refractivity contribution in [1.29, 1.82) is 0 Å². The van der Waals surface area contributed by atoms with Gasteiger partial charge in [0, 0.05) is 58.5 Å². The normalized spacial score (nSPS) is 24.1. The standard InChI is InChI=1S/C25H39N3O4S/c1-26(20-21-6-8-23(9-7-21)27-13-4-3-5-14-27)24(29)18-22-10-17-32-25(19-22)11-15-28(16-12-25)33(2,30)31/h6-9,22H,3-5,10-20H2,1-2H3. The first-order valence-corrected chi connectivity index (χ1v) is 14.3. The monoisotopic (exact) mass is 477 g/mol. The number of hydrogen-bond acceptors (Lipinski definition) is 5. The fraction of sp³-hybridized carbons (Fsp3) is 0.720. The van der Waals surface area contributed by atoms with Gasteiger partial charge < -0.3 is 14.5 Å². The molecule has 1 atom stereocenters. The summed E-state index contributed by atoms with van der Waals surface area (Å²) in [5.74, 6) is 0.464. The topological polar surface area (TPSA) is 70.2 Å². The Kier molecular flexibility index (Phi) is 7.66. The number of nitrogens with zero attached hydrogens (tertiary/aromatic N) is 3. The number of hydrogen-bond donors (Lipinski definition) is 0. The summed E-state index contributed by atoms with van der Waals surface area (Å²) in [6, 6.07) is 8.66. The summed E-state index contributed by atoms with van der Waals surface area (Å²) in [5.41, 5.74) is 2.16. The second kappa shape index (κ2) is 10.3. The summed E-state index contributed by atoms with van der Waals surface area (Å²) in [7, 11) is -1.26. The molecular formula is C25H39N3O4S. The first kappa shape index (κ1) is 24.5. The lowest BCUT2D eigenvalue weighted by atomic mass is 9.78. The molecule has 1 amide bonds. The van der Waals surface area contributed by atoms with Crippen LogP contribution in [0.1, 0.15) is 56.9 Å². The van der Waals surface area contributed by atoms with Crippen molar-refractivity contribution >= 4 is 21.6 Å². The van der Waals surface area contributed by atoms with Crippen molar-refractivity contribution in [3.63, 3.8) is 0 Å². The van der Waals surface area contributed by atoms with Crippen molar-refractivity contribution in [3.8, 4) is 0 Å². The van der Waals surface area contributed by atoms with E-state index in [2.05, 4.69) is 29.2 Å². The highest BCUT2D eigenvalue weighted by molar-refractivity contribution is 7.88. The van der Waals surface area contributed by atoms with Crippen LogP contribution < -0.4 is 4.90 Å². The van der Waals surface area contributed by atoms with Crippen LogP contribution in [0.15, 0.2) is 24.3 Å². The van der Waals surface area contributed by atoms with Crippen LogP contribution in [0.5, 0.6) is 0 Å². The predicted molar refractivity (Wildman–Crippen MR) is 131 cm³/mol. The van der Waals surface area contributed by atoms with Gasteiger partial charge in [0.15, 0.2) is 0 Å². The molecule has 1 spiro atoms.